The molecule has 5 rings (SSSR count). The van der Waals surface area contributed by atoms with Gasteiger partial charge in [0.25, 0.3) is 0 Å². The molecule has 0 atom stereocenters. The smallest absolute Gasteiger partial charge is 0.235 e. The Bertz CT molecular complexity index is 1700. The maximum atomic E-state index is 13.7. The summed E-state index contributed by atoms with van der Waals surface area (Å²) >= 11 is 0. The van der Waals surface area contributed by atoms with Crippen LogP contribution in [0.5, 0.6) is 5.75 Å². The maximum absolute atomic E-state index is 13.7. The third kappa shape index (κ3) is 5.40. The molecule has 2 N–H and O–H groups in total. The summed E-state index contributed by atoms with van der Waals surface area (Å²) in [5.74, 6) is -0.378. The van der Waals surface area contributed by atoms with Crippen LogP contribution in [0.4, 0.5) is 5.69 Å². The zero-order valence-corrected chi connectivity index (χ0v) is 24.7. The zero-order valence-electron chi connectivity index (χ0n) is 22.2. The minimum absolute atomic E-state index is 0. The number of phenolic OH excluding ortho intramolecular Hbond substituents is 1. The molecule has 1 aromatic heterocycles. The Morgan fingerprint density at radius 1 is 0.974 bits per heavy atom. The van der Waals surface area contributed by atoms with Crippen molar-refractivity contribution in [3.05, 3.63) is 89.0 Å². The highest BCUT2D eigenvalue weighted by atomic mass is 79.9. The Morgan fingerprint density at radius 2 is 1.59 bits per heavy atom. The minimum Gasteiger partial charge on any atom is -0.505 e. The van der Waals surface area contributed by atoms with Crippen LogP contribution >= 0.6 is 17.0 Å². The van der Waals surface area contributed by atoms with Crippen LogP contribution in [0.25, 0.3) is 11.0 Å². The molecule has 0 saturated carbocycles. The Kier molecular flexibility index (Phi) is 7.82. The Labute approximate surface area is 238 Å². The van der Waals surface area contributed by atoms with Gasteiger partial charge in [0.15, 0.2) is 5.78 Å². The molecule has 1 aliphatic heterocycles. The van der Waals surface area contributed by atoms with Gasteiger partial charge >= 0.3 is 0 Å². The van der Waals surface area contributed by atoms with Crippen LogP contribution in [-0.4, -0.2) is 40.7 Å². The summed E-state index contributed by atoms with van der Waals surface area (Å²) < 4.78 is 30.1. The average molecular weight is 614 g/mol. The molecule has 1 aliphatic rings. The maximum Gasteiger partial charge on any atom is 0.235 e. The Balaban J connectivity index is 0.00000353. The number of Topliss-reactive ketones (excluding diaryl/α,β-unsaturated/α-hetero) is 1. The third-order valence-corrected chi connectivity index (χ3v) is 8.90. The highest BCUT2D eigenvalue weighted by Gasteiger charge is 2.33. The molecule has 2 heterocycles. The first-order valence-electron chi connectivity index (χ1n) is 12.6. The van der Waals surface area contributed by atoms with Crippen molar-refractivity contribution in [2.24, 2.45) is 0 Å². The number of hydrogen-bond donors (Lipinski definition) is 2. The largest absolute Gasteiger partial charge is 0.505 e. The molecular formula is C29H33BrN4O4S. The molecule has 206 valence electrons. The highest BCUT2D eigenvalue weighted by molar-refractivity contribution is 8.93. The molecular weight excluding hydrogens is 580 g/mol. The average Bonchev–Trinajstić information content (AvgIpc) is 3.35. The van der Waals surface area contributed by atoms with E-state index in [-0.39, 0.29) is 58.7 Å². The van der Waals surface area contributed by atoms with Crippen molar-refractivity contribution in [1.29, 1.82) is 5.41 Å². The number of aromatic nitrogens is 2. The van der Waals surface area contributed by atoms with Crippen LogP contribution in [0, 0.1) is 5.41 Å². The first-order valence-corrected chi connectivity index (χ1v) is 14.3. The van der Waals surface area contributed by atoms with E-state index in [4.69, 9.17) is 5.41 Å². The van der Waals surface area contributed by atoms with E-state index in [1.165, 1.54) is 10.4 Å². The van der Waals surface area contributed by atoms with Crippen LogP contribution in [0.1, 0.15) is 48.7 Å². The van der Waals surface area contributed by atoms with Crippen LogP contribution in [0.15, 0.2) is 66.7 Å². The summed E-state index contributed by atoms with van der Waals surface area (Å²) in [6.45, 7) is 6.38. The van der Waals surface area contributed by atoms with Gasteiger partial charge in [0.05, 0.1) is 35.6 Å². The van der Waals surface area contributed by atoms with Gasteiger partial charge < -0.3 is 14.2 Å². The number of carbonyl (C=O) groups excluding carboxylic acids is 1. The lowest BCUT2D eigenvalue weighted by atomic mass is 9.84. The van der Waals surface area contributed by atoms with Gasteiger partial charge in [-0.3, -0.25) is 14.5 Å². The molecule has 0 unspecified atom stereocenters. The van der Waals surface area contributed by atoms with Gasteiger partial charge in [-0.1, -0.05) is 63.2 Å². The molecule has 0 radical (unpaired) electrons. The molecule has 4 aromatic rings. The Morgan fingerprint density at radius 3 is 2.18 bits per heavy atom. The number of rotatable bonds is 6. The second kappa shape index (κ2) is 10.7. The molecule has 0 bridgehead atoms. The number of para-hydroxylation sites is 2. The molecule has 1 fully saturated rings. The van der Waals surface area contributed by atoms with Gasteiger partial charge in [-0.05, 0) is 41.7 Å². The van der Waals surface area contributed by atoms with Gasteiger partial charge in [0, 0.05) is 17.7 Å². The van der Waals surface area contributed by atoms with Crippen molar-refractivity contribution >= 4 is 49.5 Å². The fourth-order valence-electron chi connectivity index (χ4n) is 5.07. The number of ketones is 1. The normalized spacial score (nSPS) is 14.9. The number of hydrogen-bond acceptors (Lipinski definition) is 5. The number of aromatic hydroxyl groups is 1. The van der Waals surface area contributed by atoms with Gasteiger partial charge in [-0.25, -0.2) is 8.42 Å². The molecule has 0 aliphatic carbocycles. The van der Waals surface area contributed by atoms with E-state index in [9.17, 15) is 18.3 Å². The van der Waals surface area contributed by atoms with E-state index in [1.54, 1.807) is 10.6 Å². The van der Waals surface area contributed by atoms with Crippen molar-refractivity contribution in [3.8, 4) is 5.75 Å². The van der Waals surface area contributed by atoms with Gasteiger partial charge in [0.2, 0.25) is 15.6 Å². The van der Waals surface area contributed by atoms with Crippen molar-refractivity contribution < 1.29 is 18.3 Å². The van der Waals surface area contributed by atoms with Gasteiger partial charge in [0.1, 0.15) is 5.75 Å². The SMILES string of the molecule is Br.CC(C)(C)c1cc(C(=O)Cn2c(=N)n(Cc3ccccc3)c3ccccc32)cc(N2CCCS2(=O)=O)c1O. The number of imidazole rings is 1. The molecule has 3 aromatic carbocycles. The number of phenols is 1. The lowest BCUT2D eigenvalue weighted by Gasteiger charge is -2.26. The quantitative estimate of drug-likeness (QED) is 0.299. The summed E-state index contributed by atoms with van der Waals surface area (Å²) in [7, 11) is -3.56. The van der Waals surface area contributed by atoms with Crippen molar-refractivity contribution in [1.82, 2.24) is 9.13 Å². The predicted molar refractivity (Wildman–Crippen MR) is 159 cm³/mol. The third-order valence-electron chi connectivity index (χ3n) is 7.05. The number of fused-ring (bicyclic) bond motifs is 1. The number of halogens is 1. The summed E-state index contributed by atoms with van der Waals surface area (Å²) in [5.41, 5.74) is 3.27. The first-order chi connectivity index (χ1) is 18.0. The highest BCUT2D eigenvalue weighted by Crippen LogP contribution is 2.41. The van der Waals surface area contributed by atoms with Crippen LogP contribution in [-0.2, 0) is 28.5 Å². The Hall–Kier alpha value is -3.37. The second-order valence-electron chi connectivity index (χ2n) is 10.8. The summed E-state index contributed by atoms with van der Waals surface area (Å²) in [5, 5.41) is 20.0. The van der Waals surface area contributed by atoms with Crippen molar-refractivity contribution in [2.45, 2.75) is 45.7 Å². The van der Waals surface area contributed by atoms with E-state index >= 15 is 0 Å². The lowest BCUT2D eigenvalue weighted by Crippen LogP contribution is -2.29. The number of nitrogens with one attached hydrogen (secondary N) is 1. The van der Waals surface area contributed by atoms with Crippen LogP contribution in [0.3, 0.4) is 0 Å². The van der Waals surface area contributed by atoms with E-state index in [2.05, 4.69) is 0 Å². The summed E-state index contributed by atoms with van der Waals surface area (Å²) in [6, 6.07) is 20.6. The second-order valence-corrected chi connectivity index (χ2v) is 12.8. The van der Waals surface area contributed by atoms with E-state index in [0.717, 1.165) is 16.6 Å². The predicted octanol–water partition coefficient (Wildman–Crippen LogP) is 4.97. The molecule has 0 amide bonds. The van der Waals surface area contributed by atoms with E-state index in [0.29, 0.717) is 24.1 Å². The van der Waals surface area contributed by atoms with E-state index < -0.39 is 15.4 Å². The first kappa shape index (κ1) is 28.6. The number of benzene rings is 3. The zero-order chi connectivity index (χ0) is 27.2. The molecule has 1 saturated heterocycles. The number of sulfonamides is 1. The minimum atomic E-state index is -3.56. The lowest BCUT2D eigenvalue weighted by molar-refractivity contribution is 0.0971. The fourth-order valence-corrected chi connectivity index (χ4v) is 6.63. The summed E-state index contributed by atoms with van der Waals surface area (Å²) in [4.78, 5) is 13.7. The monoisotopic (exact) mass is 612 g/mol. The fraction of sp³-hybridized carbons (Fsp3) is 0.310. The number of nitrogens with zero attached hydrogens (tertiary/aromatic N) is 3. The molecule has 10 heteroatoms. The van der Waals surface area contributed by atoms with Crippen molar-refractivity contribution in [3.63, 3.8) is 0 Å². The van der Waals surface area contributed by atoms with Gasteiger partial charge in [-0.2, -0.15) is 0 Å². The number of carbonyl (C=O) groups is 1. The summed E-state index contributed by atoms with van der Waals surface area (Å²) in [6.07, 6.45) is 0.462. The van der Waals surface area contributed by atoms with Gasteiger partial charge in [-0.15, -0.1) is 17.0 Å². The van der Waals surface area contributed by atoms with Crippen LogP contribution in [0.2, 0.25) is 0 Å². The van der Waals surface area contributed by atoms with Crippen molar-refractivity contribution in [2.75, 3.05) is 16.6 Å². The topological polar surface area (TPSA) is 108 Å². The number of anilines is 1. The van der Waals surface area contributed by atoms with Crippen LogP contribution < -0.4 is 9.92 Å². The molecule has 39 heavy (non-hydrogen) atoms. The van der Waals surface area contributed by atoms with E-state index in [1.807, 2.05) is 79.9 Å². The molecule has 0 spiro atoms. The molecule has 8 nitrogen and oxygen atoms in total. The standard InChI is InChI=1S/C29H32N4O4S.BrH/c1-29(2,3)22-16-21(17-25(27(22)35)33-14-9-15-38(33,36)37)26(34)19-32-24-13-8-7-12-23(24)31(28(32)30)18-20-10-5-4-6-11-20;/h4-8,10-13,16-17,30,35H,9,14-15,18-19H2,1-3H3;1H.